The molecule has 1 amide bonds. The van der Waals surface area contributed by atoms with Gasteiger partial charge in [-0.2, -0.15) is 0 Å². The lowest BCUT2D eigenvalue weighted by molar-refractivity contribution is 0.102. The van der Waals surface area contributed by atoms with Crippen molar-refractivity contribution in [1.29, 1.82) is 0 Å². The van der Waals surface area contributed by atoms with Crippen LogP contribution in [0, 0.1) is 6.92 Å². The number of anilines is 1. The maximum absolute atomic E-state index is 12.9. The van der Waals surface area contributed by atoms with E-state index >= 15 is 0 Å². The van der Waals surface area contributed by atoms with Crippen molar-refractivity contribution in [1.82, 2.24) is 9.55 Å². The highest BCUT2D eigenvalue weighted by atomic mass is 16.5. The number of nitrogens with one attached hydrogen (secondary N) is 1. The van der Waals surface area contributed by atoms with Crippen molar-refractivity contribution >= 4 is 22.5 Å². The molecule has 0 fully saturated rings. The number of ether oxygens (including phenoxy) is 1. The van der Waals surface area contributed by atoms with Gasteiger partial charge in [0.05, 0.1) is 23.7 Å². The van der Waals surface area contributed by atoms with Crippen LogP contribution in [0.1, 0.15) is 16.2 Å². The van der Waals surface area contributed by atoms with E-state index in [0.717, 1.165) is 0 Å². The summed E-state index contributed by atoms with van der Waals surface area (Å²) in [4.78, 5) is 30.0. The predicted molar refractivity (Wildman–Crippen MR) is 113 cm³/mol. The Labute approximate surface area is 167 Å². The highest BCUT2D eigenvalue weighted by molar-refractivity contribution is 6.04. The molecule has 1 N–H and O–H groups in total. The number of rotatable bonds is 4. The van der Waals surface area contributed by atoms with E-state index < -0.39 is 0 Å². The predicted octanol–water partition coefficient (Wildman–Crippen LogP) is 3.96. The third-order valence-corrected chi connectivity index (χ3v) is 4.66. The van der Waals surface area contributed by atoms with Gasteiger partial charge in [0.25, 0.3) is 11.5 Å². The summed E-state index contributed by atoms with van der Waals surface area (Å²) >= 11 is 0. The molecule has 4 rings (SSSR count). The van der Waals surface area contributed by atoms with Gasteiger partial charge in [-0.15, -0.1) is 0 Å². The molecule has 6 nitrogen and oxygen atoms in total. The average molecular weight is 385 g/mol. The Hall–Kier alpha value is -3.93. The summed E-state index contributed by atoms with van der Waals surface area (Å²) in [6.07, 6.45) is 0. The normalized spacial score (nSPS) is 10.7. The Morgan fingerprint density at radius 1 is 1.00 bits per heavy atom. The van der Waals surface area contributed by atoms with E-state index in [-0.39, 0.29) is 11.5 Å². The van der Waals surface area contributed by atoms with Crippen molar-refractivity contribution in [2.24, 2.45) is 0 Å². The zero-order chi connectivity index (χ0) is 20.4. The Kier molecular flexibility index (Phi) is 4.83. The number of aromatic nitrogens is 2. The minimum absolute atomic E-state index is 0.137. The van der Waals surface area contributed by atoms with Crippen molar-refractivity contribution < 1.29 is 9.53 Å². The van der Waals surface area contributed by atoms with Gasteiger partial charge in [-0.3, -0.25) is 14.2 Å². The van der Waals surface area contributed by atoms with Crippen molar-refractivity contribution in [2.45, 2.75) is 6.92 Å². The number of methoxy groups -OCH3 is 1. The minimum Gasteiger partial charge on any atom is -0.497 e. The molecule has 144 valence electrons. The van der Waals surface area contributed by atoms with Crippen LogP contribution < -0.4 is 15.6 Å². The second-order valence-electron chi connectivity index (χ2n) is 6.55. The second kappa shape index (κ2) is 7.59. The highest BCUT2D eigenvalue weighted by Crippen LogP contribution is 2.18. The lowest BCUT2D eigenvalue weighted by Crippen LogP contribution is -2.22. The molecular weight excluding hydrogens is 366 g/mol. The number of hydrogen-bond donors (Lipinski definition) is 1. The molecule has 3 aromatic carbocycles. The largest absolute Gasteiger partial charge is 0.497 e. The molecule has 0 bridgehead atoms. The fraction of sp³-hybridized carbons (Fsp3) is 0.0870. The Bertz CT molecular complexity index is 1260. The lowest BCUT2D eigenvalue weighted by atomic mass is 10.1. The summed E-state index contributed by atoms with van der Waals surface area (Å²) < 4.78 is 6.72. The van der Waals surface area contributed by atoms with E-state index in [0.29, 0.717) is 39.4 Å². The fourth-order valence-corrected chi connectivity index (χ4v) is 3.21. The highest BCUT2D eigenvalue weighted by Gasteiger charge is 2.11. The maximum atomic E-state index is 12.9. The van der Waals surface area contributed by atoms with E-state index in [2.05, 4.69) is 10.3 Å². The summed E-state index contributed by atoms with van der Waals surface area (Å²) in [5, 5.41) is 3.39. The molecule has 6 heteroatoms. The molecule has 0 spiro atoms. The molecule has 0 atom stereocenters. The molecule has 0 radical (unpaired) electrons. The molecule has 4 aromatic rings. The van der Waals surface area contributed by atoms with Gasteiger partial charge >= 0.3 is 0 Å². The Balaban J connectivity index is 1.63. The molecule has 0 aliphatic carbocycles. The monoisotopic (exact) mass is 385 g/mol. The third-order valence-electron chi connectivity index (χ3n) is 4.66. The molecule has 0 saturated carbocycles. The van der Waals surface area contributed by atoms with Gasteiger partial charge in [0.2, 0.25) is 0 Å². The molecule has 1 heterocycles. The van der Waals surface area contributed by atoms with Gasteiger partial charge < -0.3 is 10.1 Å². The zero-order valence-corrected chi connectivity index (χ0v) is 16.0. The molecule has 1 aromatic heterocycles. The van der Waals surface area contributed by atoms with Crippen LogP contribution in [0.4, 0.5) is 5.69 Å². The van der Waals surface area contributed by atoms with Gasteiger partial charge in [0, 0.05) is 17.3 Å². The van der Waals surface area contributed by atoms with Crippen molar-refractivity contribution in [3.05, 3.63) is 94.5 Å². The van der Waals surface area contributed by atoms with Gasteiger partial charge in [-0.05, 0) is 55.5 Å². The van der Waals surface area contributed by atoms with Crippen LogP contribution in [0.25, 0.3) is 16.6 Å². The quantitative estimate of drug-likeness (QED) is 0.577. The van der Waals surface area contributed by atoms with Gasteiger partial charge in [-0.25, -0.2) is 4.98 Å². The van der Waals surface area contributed by atoms with Gasteiger partial charge in [0.15, 0.2) is 0 Å². The number of amides is 1. The number of carbonyl (C=O) groups excluding carboxylic acids is 1. The third kappa shape index (κ3) is 3.60. The summed E-state index contributed by atoms with van der Waals surface area (Å²) in [7, 11) is 1.57. The van der Waals surface area contributed by atoms with E-state index in [9.17, 15) is 9.59 Å². The first-order chi connectivity index (χ1) is 14.1. The molecule has 0 aliphatic rings. The molecule has 29 heavy (non-hydrogen) atoms. The topological polar surface area (TPSA) is 73.2 Å². The minimum atomic E-state index is -0.245. The number of benzene rings is 3. The summed E-state index contributed by atoms with van der Waals surface area (Å²) in [6, 6.07) is 21.3. The van der Waals surface area contributed by atoms with Crippen LogP contribution in [-0.2, 0) is 0 Å². The summed E-state index contributed by atoms with van der Waals surface area (Å²) in [6.45, 7) is 1.79. The smallest absolute Gasteiger partial charge is 0.265 e. The SMILES string of the molecule is COc1cccc(NC(=O)c2ccc(-n3c(C)nc4ccccc4c3=O)cc2)c1. The lowest BCUT2D eigenvalue weighted by Gasteiger charge is -2.12. The molecule has 0 saturated heterocycles. The van der Waals surface area contributed by atoms with E-state index in [1.807, 2.05) is 24.3 Å². The van der Waals surface area contributed by atoms with E-state index in [4.69, 9.17) is 4.74 Å². The summed E-state index contributed by atoms with van der Waals surface area (Å²) in [5.41, 5.74) is 2.31. The second-order valence-corrected chi connectivity index (χ2v) is 6.55. The van der Waals surface area contributed by atoms with Crippen LogP contribution in [0.15, 0.2) is 77.6 Å². The Morgan fingerprint density at radius 3 is 2.52 bits per heavy atom. The van der Waals surface area contributed by atoms with Crippen LogP contribution >= 0.6 is 0 Å². The van der Waals surface area contributed by atoms with Crippen molar-refractivity contribution in [3.8, 4) is 11.4 Å². The summed E-state index contributed by atoms with van der Waals surface area (Å²) in [5.74, 6) is 1.00. The van der Waals surface area contributed by atoms with Crippen LogP contribution in [0.3, 0.4) is 0 Å². The fourth-order valence-electron chi connectivity index (χ4n) is 3.21. The number of fused-ring (bicyclic) bond motifs is 1. The average Bonchev–Trinajstić information content (AvgIpc) is 2.74. The first kappa shape index (κ1) is 18.4. The molecule has 0 aliphatic heterocycles. The van der Waals surface area contributed by atoms with Crippen LogP contribution in [-0.4, -0.2) is 22.6 Å². The molecule has 0 unspecified atom stereocenters. The van der Waals surface area contributed by atoms with Crippen molar-refractivity contribution in [2.75, 3.05) is 12.4 Å². The standard InChI is InChI=1S/C23H19N3O3/c1-15-24-21-9-4-3-8-20(21)23(28)26(15)18-12-10-16(11-13-18)22(27)25-17-6-5-7-19(14-17)29-2/h3-14H,1-2H3,(H,25,27). The molecular formula is C23H19N3O3. The van der Waals surface area contributed by atoms with Gasteiger partial charge in [0.1, 0.15) is 11.6 Å². The van der Waals surface area contributed by atoms with Crippen LogP contribution in [0.5, 0.6) is 5.75 Å². The van der Waals surface area contributed by atoms with E-state index in [1.165, 1.54) is 0 Å². The van der Waals surface area contributed by atoms with Gasteiger partial charge in [-0.1, -0.05) is 18.2 Å². The number of carbonyl (C=O) groups is 1. The van der Waals surface area contributed by atoms with E-state index in [1.54, 1.807) is 67.1 Å². The number of para-hydroxylation sites is 1. The zero-order valence-electron chi connectivity index (χ0n) is 16.0. The van der Waals surface area contributed by atoms with Crippen molar-refractivity contribution in [3.63, 3.8) is 0 Å². The number of nitrogens with zero attached hydrogens (tertiary/aromatic N) is 2. The first-order valence-corrected chi connectivity index (χ1v) is 9.11. The first-order valence-electron chi connectivity index (χ1n) is 9.11. The number of hydrogen-bond acceptors (Lipinski definition) is 4. The van der Waals surface area contributed by atoms with Crippen LogP contribution in [0.2, 0.25) is 0 Å². The Morgan fingerprint density at radius 2 is 1.76 bits per heavy atom. The maximum Gasteiger partial charge on any atom is 0.265 e. The number of aryl methyl sites for hydroxylation is 1.